The van der Waals surface area contributed by atoms with E-state index in [1.165, 1.54) is 30.3 Å². The van der Waals surface area contributed by atoms with E-state index in [0.29, 0.717) is 47.5 Å². The molecule has 1 saturated heterocycles. The molecule has 0 aliphatic carbocycles. The van der Waals surface area contributed by atoms with Crippen molar-refractivity contribution in [3.8, 4) is 17.0 Å². The Kier molecular flexibility index (Phi) is 8.07. The fourth-order valence-electron chi connectivity index (χ4n) is 5.04. The molecule has 0 radical (unpaired) electrons. The van der Waals surface area contributed by atoms with Gasteiger partial charge in [-0.1, -0.05) is 20.8 Å². The Balaban J connectivity index is 0.00000308. The van der Waals surface area contributed by atoms with Gasteiger partial charge in [0.05, 0.1) is 17.9 Å². The van der Waals surface area contributed by atoms with E-state index in [-0.39, 0.29) is 30.7 Å². The molecule has 1 aliphatic rings. The lowest BCUT2D eigenvalue weighted by Crippen LogP contribution is -2.41. The summed E-state index contributed by atoms with van der Waals surface area (Å²) in [7, 11) is -4.32. The molecule has 1 fully saturated rings. The van der Waals surface area contributed by atoms with Crippen LogP contribution in [0.1, 0.15) is 59.8 Å². The minimum Gasteiger partial charge on any atom is -0.493 e. The number of nitrogens with one attached hydrogen (secondary N) is 1. The number of nitrogens with zero attached hydrogens (tertiary/aromatic N) is 3. The molecule has 0 spiro atoms. The third kappa shape index (κ3) is 6.52. The van der Waals surface area contributed by atoms with E-state index in [4.69, 9.17) is 15.5 Å². The number of aryl methyl sites for hydroxylation is 1. The second kappa shape index (κ2) is 11.0. The third-order valence-electron chi connectivity index (χ3n) is 6.67. The number of anilines is 2. The Bertz CT molecular complexity index is 1530. The normalized spacial score (nSPS) is 16.8. The van der Waals surface area contributed by atoms with Crippen LogP contribution >= 0.6 is 0 Å². The standard InChI is InChI=1S/C29H36FN5O4S.2H2/c1-17(2)16-39-22-12-20(11-21(30)13-22)24-8-7-23(27(32-24)35-15-19(4)14-29(35,5)6)28(36)34-40(37,38)26-10-18(3)9-25(31)33-26;;/h7-13,17,19H,14-16H2,1-6H3,(H2,31,33)(H,34,36);2*1H/t19-;;/m0../s1. The van der Waals surface area contributed by atoms with Crippen LogP contribution in [0.5, 0.6) is 5.75 Å². The molecule has 40 heavy (non-hydrogen) atoms. The minimum absolute atomic E-state index is 0. The van der Waals surface area contributed by atoms with Gasteiger partial charge < -0.3 is 15.4 Å². The first-order chi connectivity index (χ1) is 18.6. The lowest BCUT2D eigenvalue weighted by molar-refractivity contribution is 0.0981. The molecule has 218 valence electrons. The monoisotopic (exact) mass is 573 g/mol. The number of carbonyl (C=O) groups is 1. The van der Waals surface area contributed by atoms with Crippen molar-refractivity contribution in [3.63, 3.8) is 0 Å². The highest BCUT2D eigenvalue weighted by atomic mass is 32.2. The second-order valence-corrected chi connectivity index (χ2v) is 13.2. The lowest BCUT2D eigenvalue weighted by atomic mass is 9.97. The average Bonchev–Trinajstić information content (AvgIpc) is 3.12. The van der Waals surface area contributed by atoms with E-state index in [0.717, 1.165) is 6.42 Å². The van der Waals surface area contributed by atoms with Crippen molar-refractivity contribution in [3.05, 3.63) is 59.4 Å². The number of hydrogen-bond donors (Lipinski definition) is 2. The third-order valence-corrected chi connectivity index (χ3v) is 7.88. The number of rotatable bonds is 8. The van der Waals surface area contributed by atoms with Crippen LogP contribution in [-0.2, 0) is 10.0 Å². The van der Waals surface area contributed by atoms with Gasteiger partial charge in [-0.25, -0.2) is 19.1 Å². The Morgan fingerprint density at radius 2 is 1.95 bits per heavy atom. The van der Waals surface area contributed by atoms with Gasteiger partial charge in [-0.15, -0.1) is 0 Å². The number of nitrogens with two attached hydrogens (primary N) is 1. The van der Waals surface area contributed by atoms with Crippen molar-refractivity contribution in [1.29, 1.82) is 0 Å². The van der Waals surface area contributed by atoms with Crippen molar-refractivity contribution >= 4 is 27.6 Å². The highest BCUT2D eigenvalue weighted by molar-refractivity contribution is 7.90. The molecule has 1 atom stereocenters. The van der Waals surface area contributed by atoms with Crippen molar-refractivity contribution in [2.75, 3.05) is 23.8 Å². The lowest BCUT2D eigenvalue weighted by Gasteiger charge is -2.34. The number of pyridine rings is 2. The maximum atomic E-state index is 14.6. The second-order valence-electron chi connectivity index (χ2n) is 11.5. The quantitative estimate of drug-likeness (QED) is 0.365. The van der Waals surface area contributed by atoms with Crippen LogP contribution in [0.2, 0.25) is 0 Å². The molecular weight excluding hydrogens is 533 g/mol. The van der Waals surface area contributed by atoms with Crippen LogP contribution in [0.3, 0.4) is 0 Å². The summed E-state index contributed by atoms with van der Waals surface area (Å²) in [6, 6.07) is 10.3. The Morgan fingerprint density at radius 1 is 1.23 bits per heavy atom. The zero-order valence-corrected chi connectivity index (χ0v) is 24.5. The van der Waals surface area contributed by atoms with E-state index in [9.17, 15) is 17.6 Å². The summed E-state index contributed by atoms with van der Waals surface area (Å²) in [5, 5.41) is -0.353. The van der Waals surface area contributed by atoms with Gasteiger partial charge in [0.15, 0.2) is 5.03 Å². The van der Waals surface area contributed by atoms with E-state index >= 15 is 0 Å². The maximum Gasteiger partial charge on any atom is 0.281 e. The fourth-order valence-corrected chi connectivity index (χ4v) is 6.06. The minimum atomic E-state index is -4.32. The van der Waals surface area contributed by atoms with Gasteiger partial charge >= 0.3 is 0 Å². The SMILES string of the molecule is Cc1cc(N)nc(S(=O)(=O)NC(=O)c2ccc(-c3cc(F)cc(OCC(C)C)c3)nc2N2C[C@@H](C)CC2(C)C)c1.[HH].[HH]. The number of aromatic nitrogens is 2. The first-order valence-electron chi connectivity index (χ1n) is 13.2. The molecule has 11 heteroatoms. The highest BCUT2D eigenvalue weighted by Crippen LogP contribution is 2.38. The summed E-state index contributed by atoms with van der Waals surface area (Å²) < 4.78 is 48.6. The van der Waals surface area contributed by atoms with Crippen LogP contribution in [0.15, 0.2) is 47.5 Å². The van der Waals surface area contributed by atoms with Gasteiger partial charge in [-0.3, -0.25) is 4.79 Å². The number of benzene rings is 1. The molecule has 1 aromatic carbocycles. The zero-order chi connectivity index (χ0) is 29.4. The molecule has 0 unspecified atom stereocenters. The molecule has 9 nitrogen and oxygen atoms in total. The van der Waals surface area contributed by atoms with Gasteiger partial charge in [0.1, 0.15) is 23.2 Å². The number of carbonyl (C=O) groups excluding carboxylic acids is 1. The van der Waals surface area contributed by atoms with Gasteiger partial charge in [0.25, 0.3) is 15.9 Å². The predicted octanol–water partition coefficient (Wildman–Crippen LogP) is 5.44. The molecule has 0 saturated carbocycles. The number of sulfonamides is 1. The summed E-state index contributed by atoms with van der Waals surface area (Å²) in [6.45, 7) is 12.9. The van der Waals surface area contributed by atoms with Crippen LogP contribution in [-0.4, -0.2) is 43.0 Å². The summed E-state index contributed by atoms with van der Waals surface area (Å²) in [5.74, 6) is -0.0514. The number of hydrogen-bond acceptors (Lipinski definition) is 8. The summed E-state index contributed by atoms with van der Waals surface area (Å²) >= 11 is 0. The van der Waals surface area contributed by atoms with E-state index in [1.54, 1.807) is 19.1 Å². The molecule has 3 N–H and O–H groups in total. The first kappa shape index (κ1) is 29.3. The molecule has 4 rings (SSSR count). The van der Waals surface area contributed by atoms with Crippen LogP contribution in [0.25, 0.3) is 11.3 Å². The molecular formula is C29H40FN5O4S. The number of nitrogen functional groups attached to an aromatic ring is 1. The van der Waals surface area contributed by atoms with Crippen LogP contribution in [0, 0.1) is 24.6 Å². The largest absolute Gasteiger partial charge is 0.493 e. The van der Waals surface area contributed by atoms with Gasteiger partial charge in [0.2, 0.25) is 0 Å². The van der Waals surface area contributed by atoms with Crippen LogP contribution < -0.4 is 20.1 Å². The van der Waals surface area contributed by atoms with Crippen molar-refractivity contribution in [2.24, 2.45) is 11.8 Å². The van der Waals surface area contributed by atoms with Crippen molar-refractivity contribution in [1.82, 2.24) is 14.7 Å². The summed E-state index contributed by atoms with van der Waals surface area (Å²) in [4.78, 5) is 24.2. The maximum absolute atomic E-state index is 14.6. The van der Waals surface area contributed by atoms with Crippen molar-refractivity contribution < 1.29 is 25.2 Å². The Labute approximate surface area is 238 Å². The van der Waals surface area contributed by atoms with E-state index < -0.39 is 21.7 Å². The van der Waals surface area contributed by atoms with Crippen LogP contribution in [0.4, 0.5) is 16.0 Å². The summed E-state index contributed by atoms with van der Waals surface area (Å²) in [5.41, 5.74) is 6.93. The zero-order valence-electron chi connectivity index (χ0n) is 23.7. The van der Waals surface area contributed by atoms with Crippen molar-refractivity contribution in [2.45, 2.75) is 58.5 Å². The molecule has 3 heterocycles. The smallest absolute Gasteiger partial charge is 0.281 e. The first-order valence-corrected chi connectivity index (χ1v) is 14.7. The average molecular weight is 574 g/mol. The highest BCUT2D eigenvalue weighted by Gasteiger charge is 2.39. The topological polar surface area (TPSA) is 128 Å². The number of amides is 1. The van der Waals surface area contributed by atoms with Gasteiger partial charge in [0, 0.05) is 26.6 Å². The molecule has 2 aromatic heterocycles. The van der Waals surface area contributed by atoms with E-state index in [1.807, 2.05) is 32.6 Å². The van der Waals surface area contributed by atoms with Gasteiger partial charge in [-0.05, 0) is 81.0 Å². The Hall–Kier alpha value is -3.73. The molecule has 3 aromatic rings. The van der Waals surface area contributed by atoms with E-state index in [2.05, 4.69) is 16.6 Å². The van der Waals surface area contributed by atoms with Gasteiger partial charge in [-0.2, -0.15) is 8.42 Å². The fraction of sp³-hybridized carbons (Fsp3) is 0.414. The Morgan fingerprint density at radius 3 is 2.58 bits per heavy atom. The molecule has 1 aliphatic heterocycles. The molecule has 1 amide bonds. The number of ether oxygens (including phenoxy) is 1. The number of halogens is 1. The molecule has 0 bridgehead atoms. The predicted molar refractivity (Wildman–Crippen MR) is 157 cm³/mol. The summed E-state index contributed by atoms with van der Waals surface area (Å²) in [6.07, 6.45) is 0.845.